The van der Waals surface area contributed by atoms with Crippen LogP contribution in [0.3, 0.4) is 0 Å². The Morgan fingerprint density at radius 1 is 1.32 bits per heavy atom. The molecule has 3 fully saturated rings. The summed E-state index contributed by atoms with van der Waals surface area (Å²) in [5.41, 5.74) is -2.27. The fourth-order valence-electron chi connectivity index (χ4n) is 7.46. The van der Waals surface area contributed by atoms with Gasteiger partial charge in [0.25, 0.3) is 0 Å². The zero-order valence-corrected chi connectivity index (χ0v) is 18.8. The van der Waals surface area contributed by atoms with Gasteiger partial charge in [0.15, 0.2) is 11.6 Å². The van der Waals surface area contributed by atoms with Crippen LogP contribution in [0.1, 0.15) is 46.5 Å². The molecule has 8 atom stereocenters. The highest BCUT2D eigenvalue weighted by atomic mass is 32.3. The third kappa shape index (κ3) is 3.28. The van der Waals surface area contributed by atoms with Gasteiger partial charge in [0.05, 0.1) is 6.10 Å². The van der Waals surface area contributed by atoms with Gasteiger partial charge in [-0.2, -0.15) is 8.42 Å². The van der Waals surface area contributed by atoms with Crippen molar-refractivity contribution in [2.45, 2.75) is 58.2 Å². The fourth-order valence-corrected chi connectivity index (χ4v) is 7.72. The van der Waals surface area contributed by atoms with Crippen molar-refractivity contribution in [1.82, 2.24) is 0 Å². The van der Waals surface area contributed by atoms with E-state index in [4.69, 9.17) is 4.55 Å². The van der Waals surface area contributed by atoms with E-state index >= 15 is 0 Å². The van der Waals surface area contributed by atoms with E-state index in [2.05, 4.69) is 11.1 Å². The predicted octanol–water partition coefficient (Wildman–Crippen LogP) is 1.63. The normalized spacial score (nSPS) is 46.7. The van der Waals surface area contributed by atoms with Gasteiger partial charge in [0.1, 0.15) is 12.2 Å². The minimum atomic E-state index is -4.81. The lowest BCUT2D eigenvalue weighted by molar-refractivity contribution is -0.179. The van der Waals surface area contributed by atoms with Crippen LogP contribution in [0.4, 0.5) is 0 Å². The molecule has 172 valence electrons. The molecule has 0 spiro atoms. The summed E-state index contributed by atoms with van der Waals surface area (Å²) in [6.45, 7) is 4.95. The molecule has 0 aromatic rings. The highest BCUT2D eigenvalue weighted by molar-refractivity contribution is 7.80. The van der Waals surface area contributed by atoms with E-state index in [0.717, 1.165) is 12.0 Å². The van der Waals surface area contributed by atoms with Crippen LogP contribution in [0.5, 0.6) is 0 Å². The SMILES string of the molecule is C[C@H]1C[C@@H]2[C@@H]([C@@H](O)C[C@@]3(C)[C@H]2CC[C@]3(O)C(=O)COS(=O)(=O)O)[C@@]2(C)C=CC(=O)C=C12. The van der Waals surface area contributed by atoms with Gasteiger partial charge in [-0.05, 0) is 55.6 Å². The third-order valence-corrected chi connectivity index (χ3v) is 9.18. The lowest BCUT2D eigenvalue weighted by Gasteiger charge is -2.60. The zero-order valence-electron chi connectivity index (χ0n) is 17.9. The van der Waals surface area contributed by atoms with Crippen molar-refractivity contribution < 1.29 is 37.0 Å². The number of rotatable bonds is 4. The molecule has 9 heteroatoms. The Morgan fingerprint density at radius 3 is 2.65 bits per heavy atom. The van der Waals surface area contributed by atoms with E-state index in [1.54, 1.807) is 19.1 Å². The molecule has 0 aromatic heterocycles. The molecule has 0 unspecified atom stereocenters. The van der Waals surface area contributed by atoms with Crippen LogP contribution in [-0.2, 0) is 24.2 Å². The van der Waals surface area contributed by atoms with Gasteiger partial charge in [-0.1, -0.05) is 32.4 Å². The molecule has 0 aliphatic heterocycles. The topological polar surface area (TPSA) is 138 Å². The first-order valence-electron chi connectivity index (χ1n) is 10.7. The molecule has 31 heavy (non-hydrogen) atoms. The summed E-state index contributed by atoms with van der Waals surface area (Å²) in [5.74, 6) is -0.932. The van der Waals surface area contributed by atoms with E-state index in [-0.39, 0.29) is 42.3 Å². The molecule has 0 heterocycles. The van der Waals surface area contributed by atoms with Gasteiger partial charge in [-0.25, -0.2) is 4.18 Å². The molecule has 3 saturated carbocycles. The van der Waals surface area contributed by atoms with Gasteiger partial charge in [-0.15, -0.1) is 0 Å². The summed E-state index contributed by atoms with van der Waals surface area (Å²) in [4.78, 5) is 24.8. The molecule has 4 aliphatic carbocycles. The summed E-state index contributed by atoms with van der Waals surface area (Å²) >= 11 is 0. The number of hydrogen-bond donors (Lipinski definition) is 3. The highest BCUT2D eigenvalue weighted by Gasteiger charge is 2.68. The van der Waals surface area contributed by atoms with E-state index < -0.39 is 45.3 Å². The summed E-state index contributed by atoms with van der Waals surface area (Å²) in [7, 11) is -4.81. The molecule has 4 aliphatic rings. The van der Waals surface area contributed by atoms with E-state index in [9.17, 15) is 28.2 Å². The second-order valence-corrected chi connectivity index (χ2v) is 11.3. The molecular formula is C22H30O8S. The Labute approximate surface area is 182 Å². The van der Waals surface area contributed by atoms with Crippen LogP contribution in [0, 0.1) is 34.5 Å². The van der Waals surface area contributed by atoms with Crippen molar-refractivity contribution in [3.8, 4) is 0 Å². The fraction of sp³-hybridized carbons (Fsp3) is 0.727. The van der Waals surface area contributed by atoms with Gasteiger partial charge >= 0.3 is 10.4 Å². The van der Waals surface area contributed by atoms with Gasteiger partial charge < -0.3 is 10.2 Å². The predicted molar refractivity (Wildman–Crippen MR) is 110 cm³/mol. The number of Topliss-reactive ketones (excluding diaryl/α,β-unsaturated/α-hetero) is 1. The molecule has 8 nitrogen and oxygen atoms in total. The summed E-state index contributed by atoms with van der Waals surface area (Å²) in [6.07, 6.45) is 5.93. The number of carbonyl (C=O) groups excluding carboxylic acids is 2. The summed E-state index contributed by atoms with van der Waals surface area (Å²) in [6, 6.07) is 0. The molecule has 0 radical (unpaired) electrons. The number of fused-ring (bicyclic) bond motifs is 5. The Bertz CT molecular complexity index is 983. The van der Waals surface area contributed by atoms with Gasteiger partial charge in [0.2, 0.25) is 0 Å². The van der Waals surface area contributed by atoms with Crippen LogP contribution in [-0.4, -0.2) is 53.1 Å². The number of ketones is 2. The van der Waals surface area contributed by atoms with Crippen LogP contribution >= 0.6 is 0 Å². The maximum atomic E-state index is 12.8. The minimum Gasteiger partial charge on any atom is -0.393 e. The smallest absolute Gasteiger partial charge is 0.393 e. The van der Waals surface area contributed by atoms with Crippen molar-refractivity contribution >= 4 is 22.0 Å². The molecule has 0 bridgehead atoms. The van der Waals surface area contributed by atoms with Crippen LogP contribution in [0.15, 0.2) is 23.8 Å². The summed E-state index contributed by atoms with van der Waals surface area (Å²) in [5, 5.41) is 22.7. The second kappa shape index (κ2) is 7.05. The highest BCUT2D eigenvalue weighted by Crippen LogP contribution is 2.67. The monoisotopic (exact) mass is 454 g/mol. The molecule has 0 aromatic carbocycles. The first-order valence-corrected chi connectivity index (χ1v) is 12.1. The lowest BCUT2D eigenvalue weighted by Crippen LogP contribution is -2.62. The zero-order chi connectivity index (χ0) is 23.0. The number of hydrogen-bond acceptors (Lipinski definition) is 7. The Kier molecular flexibility index (Phi) is 5.19. The number of aliphatic hydroxyl groups is 2. The van der Waals surface area contributed by atoms with Crippen molar-refractivity contribution in [3.05, 3.63) is 23.8 Å². The second-order valence-electron chi connectivity index (χ2n) is 10.3. The van der Waals surface area contributed by atoms with Crippen molar-refractivity contribution in [2.24, 2.45) is 34.5 Å². The molecular weight excluding hydrogens is 424 g/mol. The van der Waals surface area contributed by atoms with Crippen LogP contribution < -0.4 is 0 Å². The van der Waals surface area contributed by atoms with E-state index in [1.807, 2.05) is 13.0 Å². The third-order valence-electron chi connectivity index (χ3n) is 8.77. The standard InChI is InChI=1S/C22H30O8S/c1-12-8-14-15-5-7-22(26,18(25)11-30-31(27,28)29)21(15,3)10-17(24)19(14)20(2)6-4-13(23)9-16(12)20/h4,6,9,12,14-15,17,19,24,26H,5,7-8,10-11H2,1-3H3,(H,27,28,29)/t12-,14-,15-,17-,19-,20-,21-,22-/m0/s1. The Hall–Kier alpha value is -1.39. The average molecular weight is 455 g/mol. The minimum absolute atomic E-state index is 0.0214. The number of allylic oxidation sites excluding steroid dienone is 4. The van der Waals surface area contributed by atoms with E-state index in [0.29, 0.717) is 6.42 Å². The Balaban J connectivity index is 1.69. The Morgan fingerprint density at radius 2 is 2.00 bits per heavy atom. The lowest BCUT2D eigenvalue weighted by atomic mass is 9.45. The molecule has 0 amide bonds. The van der Waals surface area contributed by atoms with E-state index in [1.165, 1.54) is 0 Å². The van der Waals surface area contributed by atoms with Crippen LogP contribution in [0.25, 0.3) is 0 Å². The average Bonchev–Trinajstić information content (AvgIpc) is 2.92. The molecule has 4 rings (SSSR count). The van der Waals surface area contributed by atoms with Crippen molar-refractivity contribution in [1.29, 1.82) is 0 Å². The number of aliphatic hydroxyl groups excluding tert-OH is 1. The quantitative estimate of drug-likeness (QED) is 0.545. The van der Waals surface area contributed by atoms with Crippen molar-refractivity contribution in [2.75, 3.05) is 6.61 Å². The first-order chi connectivity index (χ1) is 14.2. The van der Waals surface area contributed by atoms with Crippen molar-refractivity contribution in [3.63, 3.8) is 0 Å². The maximum Gasteiger partial charge on any atom is 0.397 e. The largest absolute Gasteiger partial charge is 0.397 e. The molecule has 3 N–H and O–H groups in total. The molecule has 0 saturated heterocycles. The maximum absolute atomic E-state index is 12.8. The first kappa shape index (κ1) is 22.8. The number of carbonyl (C=O) groups is 2. The van der Waals surface area contributed by atoms with Gasteiger partial charge in [0, 0.05) is 16.7 Å². The van der Waals surface area contributed by atoms with Gasteiger partial charge in [-0.3, -0.25) is 14.1 Å². The van der Waals surface area contributed by atoms with Crippen LogP contribution in [0.2, 0.25) is 0 Å². The summed E-state index contributed by atoms with van der Waals surface area (Å²) < 4.78 is 34.9.